The van der Waals surface area contributed by atoms with E-state index in [9.17, 15) is 9.18 Å². The summed E-state index contributed by atoms with van der Waals surface area (Å²) in [5, 5.41) is 11.6. The number of amides is 1. The van der Waals surface area contributed by atoms with E-state index in [1.807, 2.05) is 25.5 Å². The molecular formula is C17H18FN5O. The number of benzene rings is 1. The highest BCUT2D eigenvalue weighted by Crippen LogP contribution is 2.18. The molecule has 0 saturated carbocycles. The molecule has 3 aromatic rings. The zero-order valence-electron chi connectivity index (χ0n) is 13.7. The van der Waals surface area contributed by atoms with Crippen molar-refractivity contribution in [1.82, 2.24) is 25.1 Å². The van der Waals surface area contributed by atoms with Crippen LogP contribution in [0.5, 0.6) is 0 Å². The molecule has 1 amide bonds. The Morgan fingerprint density at radius 3 is 2.83 bits per heavy atom. The summed E-state index contributed by atoms with van der Waals surface area (Å²) in [5.74, 6) is 0.856. The van der Waals surface area contributed by atoms with Crippen LogP contribution in [0.1, 0.15) is 41.8 Å². The zero-order valence-corrected chi connectivity index (χ0v) is 13.7. The van der Waals surface area contributed by atoms with Crippen molar-refractivity contribution in [3.8, 4) is 0 Å². The Morgan fingerprint density at radius 2 is 2.12 bits per heavy atom. The van der Waals surface area contributed by atoms with Gasteiger partial charge in [-0.1, -0.05) is 19.9 Å². The van der Waals surface area contributed by atoms with Crippen molar-refractivity contribution in [1.29, 1.82) is 0 Å². The van der Waals surface area contributed by atoms with Crippen LogP contribution in [0, 0.1) is 5.82 Å². The molecule has 0 fully saturated rings. The molecule has 0 aliphatic carbocycles. The van der Waals surface area contributed by atoms with Crippen molar-refractivity contribution in [2.75, 3.05) is 0 Å². The second-order valence-electron chi connectivity index (χ2n) is 5.90. The average Bonchev–Trinajstić information content (AvgIpc) is 2.92. The lowest BCUT2D eigenvalue weighted by Crippen LogP contribution is -2.25. The van der Waals surface area contributed by atoms with Gasteiger partial charge in [-0.15, -0.1) is 10.2 Å². The summed E-state index contributed by atoms with van der Waals surface area (Å²) in [7, 11) is 1.86. The van der Waals surface area contributed by atoms with Gasteiger partial charge in [0.2, 0.25) is 0 Å². The maximum Gasteiger partial charge on any atom is 0.253 e. The van der Waals surface area contributed by atoms with Gasteiger partial charge in [-0.2, -0.15) is 0 Å². The van der Waals surface area contributed by atoms with E-state index in [0.29, 0.717) is 16.7 Å². The smallest absolute Gasteiger partial charge is 0.253 e. The number of halogens is 1. The van der Waals surface area contributed by atoms with Gasteiger partial charge in [0.15, 0.2) is 5.82 Å². The molecule has 24 heavy (non-hydrogen) atoms. The first-order valence-corrected chi connectivity index (χ1v) is 7.68. The van der Waals surface area contributed by atoms with Crippen LogP contribution in [0.4, 0.5) is 4.39 Å². The van der Waals surface area contributed by atoms with E-state index >= 15 is 0 Å². The number of carbonyl (C=O) groups excluding carboxylic acids is 1. The van der Waals surface area contributed by atoms with E-state index in [0.717, 1.165) is 5.82 Å². The highest BCUT2D eigenvalue weighted by atomic mass is 19.1. The van der Waals surface area contributed by atoms with E-state index in [2.05, 4.69) is 20.5 Å². The fraction of sp³-hybridized carbons (Fsp3) is 0.294. The molecule has 0 unspecified atom stereocenters. The van der Waals surface area contributed by atoms with Crippen molar-refractivity contribution in [3.05, 3.63) is 53.5 Å². The minimum Gasteiger partial charge on any atom is -0.345 e. The zero-order chi connectivity index (χ0) is 17.3. The van der Waals surface area contributed by atoms with Crippen LogP contribution in [-0.4, -0.2) is 25.7 Å². The van der Waals surface area contributed by atoms with Crippen LogP contribution in [0.2, 0.25) is 0 Å². The first-order chi connectivity index (χ1) is 11.5. The molecule has 1 aromatic carbocycles. The molecule has 2 heterocycles. The van der Waals surface area contributed by atoms with E-state index in [4.69, 9.17) is 0 Å². The normalized spacial score (nSPS) is 11.2. The Hall–Kier alpha value is -2.83. The van der Waals surface area contributed by atoms with E-state index in [1.165, 1.54) is 12.1 Å². The number of rotatable bonds is 4. The van der Waals surface area contributed by atoms with Gasteiger partial charge < -0.3 is 9.88 Å². The van der Waals surface area contributed by atoms with Crippen molar-refractivity contribution in [3.63, 3.8) is 0 Å². The number of carbonyl (C=O) groups is 1. The van der Waals surface area contributed by atoms with Crippen LogP contribution < -0.4 is 5.32 Å². The third-order valence-corrected chi connectivity index (χ3v) is 3.84. The Labute approximate surface area is 138 Å². The van der Waals surface area contributed by atoms with Crippen molar-refractivity contribution in [2.45, 2.75) is 26.3 Å². The summed E-state index contributed by atoms with van der Waals surface area (Å²) < 4.78 is 15.6. The highest BCUT2D eigenvalue weighted by Gasteiger charge is 2.16. The molecule has 0 atom stereocenters. The van der Waals surface area contributed by atoms with E-state index in [-0.39, 0.29) is 18.0 Å². The molecule has 0 saturated heterocycles. The van der Waals surface area contributed by atoms with Crippen LogP contribution in [0.25, 0.3) is 10.9 Å². The summed E-state index contributed by atoms with van der Waals surface area (Å²) in [4.78, 5) is 16.6. The highest BCUT2D eigenvalue weighted by molar-refractivity contribution is 6.05. The molecule has 2 aromatic heterocycles. The summed E-state index contributed by atoms with van der Waals surface area (Å²) >= 11 is 0. The molecule has 1 N–H and O–H groups in total. The third kappa shape index (κ3) is 2.97. The second-order valence-corrected chi connectivity index (χ2v) is 5.90. The molecule has 7 heteroatoms. The minimum atomic E-state index is -0.471. The maximum atomic E-state index is 13.7. The Bertz CT molecular complexity index is 903. The Kier molecular flexibility index (Phi) is 4.24. The first kappa shape index (κ1) is 16.0. The molecule has 6 nitrogen and oxygen atoms in total. The predicted molar refractivity (Wildman–Crippen MR) is 88.0 cm³/mol. The van der Waals surface area contributed by atoms with Crippen LogP contribution >= 0.6 is 0 Å². The lowest BCUT2D eigenvalue weighted by atomic mass is 10.1. The monoisotopic (exact) mass is 327 g/mol. The molecule has 0 aliphatic rings. The Morgan fingerprint density at radius 1 is 1.33 bits per heavy atom. The molecular weight excluding hydrogens is 309 g/mol. The van der Waals surface area contributed by atoms with Gasteiger partial charge in [-0.05, 0) is 18.2 Å². The summed E-state index contributed by atoms with van der Waals surface area (Å²) in [6.45, 7) is 4.26. The topological polar surface area (TPSA) is 72.7 Å². The summed E-state index contributed by atoms with van der Waals surface area (Å²) in [6.07, 6.45) is 1.58. The van der Waals surface area contributed by atoms with Gasteiger partial charge in [0, 0.05) is 24.5 Å². The number of hydrogen-bond donors (Lipinski definition) is 1. The van der Waals surface area contributed by atoms with Gasteiger partial charge in [0.1, 0.15) is 11.6 Å². The number of pyridine rings is 1. The number of fused-ring (bicyclic) bond motifs is 1. The summed E-state index contributed by atoms with van der Waals surface area (Å²) in [5.41, 5.74) is 0.675. The van der Waals surface area contributed by atoms with Gasteiger partial charge >= 0.3 is 0 Å². The van der Waals surface area contributed by atoms with E-state index < -0.39 is 11.7 Å². The van der Waals surface area contributed by atoms with E-state index in [1.54, 1.807) is 18.3 Å². The van der Waals surface area contributed by atoms with Crippen molar-refractivity contribution >= 4 is 16.8 Å². The third-order valence-electron chi connectivity index (χ3n) is 3.84. The largest absolute Gasteiger partial charge is 0.345 e. The van der Waals surface area contributed by atoms with Crippen LogP contribution in [-0.2, 0) is 13.6 Å². The maximum absolute atomic E-state index is 13.7. The average molecular weight is 327 g/mol. The SMILES string of the molecule is CC(C)c1nnc(CNC(=O)c2cc(F)cc3cccnc23)n1C. The molecule has 0 bridgehead atoms. The Balaban J connectivity index is 1.84. The van der Waals surface area contributed by atoms with Gasteiger partial charge in [-0.25, -0.2) is 4.39 Å². The number of nitrogens with one attached hydrogen (secondary N) is 1. The minimum absolute atomic E-state index is 0.205. The van der Waals surface area contributed by atoms with Gasteiger partial charge in [0.25, 0.3) is 5.91 Å². The predicted octanol–water partition coefficient (Wildman–Crippen LogP) is 2.56. The lowest BCUT2D eigenvalue weighted by Gasteiger charge is -2.09. The molecule has 3 rings (SSSR count). The summed E-state index contributed by atoms with van der Waals surface area (Å²) in [6, 6.07) is 5.98. The molecule has 0 aliphatic heterocycles. The molecule has 0 radical (unpaired) electrons. The van der Waals surface area contributed by atoms with Crippen LogP contribution in [0.15, 0.2) is 30.5 Å². The quantitative estimate of drug-likeness (QED) is 0.799. The van der Waals surface area contributed by atoms with Crippen LogP contribution in [0.3, 0.4) is 0 Å². The number of nitrogens with zero attached hydrogens (tertiary/aromatic N) is 4. The van der Waals surface area contributed by atoms with Crippen molar-refractivity contribution in [2.24, 2.45) is 7.05 Å². The standard InChI is InChI=1S/C17H18FN5O/c1-10(2)16-22-21-14(23(16)3)9-20-17(24)13-8-12(18)7-11-5-4-6-19-15(11)13/h4-8,10H,9H2,1-3H3,(H,20,24). The van der Waals surface area contributed by atoms with Gasteiger partial charge in [0.05, 0.1) is 17.6 Å². The van der Waals surface area contributed by atoms with Crippen molar-refractivity contribution < 1.29 is 9.18 Å². The fourth-order valence-corrected chi connectivity index (χ4v) is 2.62. The number of hydrogen-bond acceptors (Lipinski definition) is 4. The fourth-order valence-electron chi connectivity index (χ4n) is 2.62. The number of aromatic nitrogens is 4. The lowest BCUT2D eigenvalue weighted by molar-refractivity contribution is 0.0950. The molecule has 0 spiro atoms. The molecule has 124 valence electrons. The second kappa shape index (κ2) is 6.35. The first-order valence-electron chi connectivity index (χ1n) is 7.68. The van der Waals surface area contributed by atoms with Gasteiger partial charge in [-0.3, -0.25) is 9.78 Å².